The monoisotopic (exact) mass is 293 g/mol. The second-order valence-corrected chi connectivity index (χ2v) is 4.87. The van der Waals surface area contributed by atoms with Gasteiger partial charge in [0.25, 0.3) is 0 Å². The van der Waals surface area contributed by atoms with Gasteiger partial charge in [0, 0.05) is 4.47 Å². The molecule has 0 bridgehead atoms. The molecule has 0 radical (unpaired) electrons. The van der Waals surface area contributed by atoms with Gasteiger partial charge in [0.05, 0.1) is 12.3 Å². The molecular formula is C14H16BrNO. The number of rotatable bonds is 5. The third-order valence-electron chi connectivity index (χ3n) is 2.61. The number of nitrogens with one attached hydrogen (secondary N) is 1. The van der Waals surface area contributed by atoms with Crippen molar-refractivity contribution >= 4 is 15.9 Å². The highest BCUT2D eigenvalue weighted by Crippen LogP contribution is 2.24. The number of halogens is 1. The molecule has 1 aromatic heterocycles. The van der Waals surface area contributed by atoms with Gasteiger partial charge in [0.1, 0.15) is 5.76 Å². The van der Waals surface area contributed by atoms with Crippen molar-refractivity contribution in [1.82, 2.24) is 5.32 Å². The van der Waals surface area contributed by atoms with Crippen molar-refractivity contribution in [3.05, 3.63) is 58.5 Å². The van der Waals surface area contributed by atoms with Crippen molar-refractivity contribution in [1.29, 1.82) is 0 Å². The van der Waals surface area contributed by atoms with Crippen LogP contribution in [0.5, 0.6) is 0 Å². The Kier molecular flexibility index (Phi) is 4.40. The summed E-state index contributed by atoms with van der Waals surface area (Å²) in [7, 11) is 0. The zero-order chi connectivity index (χ0) is 12.1. The maximum atomic E-state index is 5.51. The highest BCUT2D eigenvalue weighted by Gasteiger charge is 2.15. The lowest BCUT2D eigenvalue weighted by molar-refractivity contribution is 0.446. The lowest BCUT2D eigenvalue weighted by Gasteiger charge is -2.16. The van der Waals surface area contributed by atoms with Gasteiger partial charge in [0.2, 0.25) is 0 Å². The Hall–Kier alpha value is -1.06. The van der Waals surface area contributed by atoms with E-state index in [1.54, 1.807) is 6.26 Å². The van der Waals surface area contributed by atoms with E-state index in [0.29, 0.717) is 0 Å². The molecule has 1 N–H and O–H groups in total. The molecule has 3 heteroatoms. The number of furan rings is 1. The van der Waals surface area contributed by atoms with Crippen LogP contribution in [0.15, 0.2) is 51.6 Å². The van der Waals surface area contributed by atoms with E-state index in [1.165, 1.54) is 5.56 Å². The average Bonchev–Trinajstić information content (AvgIpc) is 2.83. The summed E-state index contributed by atoms with van der Waals surface area (Å²) in [5, 5.41) is 3.50. The summed E-state index contributed by atoms with van der Waals surface area (Å²) >= 11 is 3.50. The summed E-state index contributed by atoms with van der Waals surface area (Å²) in [6.07, 6.45) is 2.82. The van der Waals surface area contributed by atoms with Gasteiger partial charge in [0.15, 0.2) is 0 Å². The summed E-state index contributed by atoms with van der Waals surface area (Å²) in [5.74, 6) is 0.955. The van der Waals surface area contributed by atoms with Crippen LogP contribution in [0, 0.1) is 0 Å². The molecular weight excluding hydrogens is 278 g/mol. The van der Waals surface area contributed by atoms with E-state index in [-0.39, 0.29) is 6.04 Å². The van der Waals surface area contributed by atoms with Crippen LogP contribution in [-0.4, -0.2) is 6.54 Å². The second kappa shape index (κ2) is 6.03. The minimum absolute atomic E-state index is 0.127. The maximum Gasteiger partial charge on any atom is 0.125 e. The molecule has 90 valence electrons. The SMILES string of the molecule is CCCNC(c1cccc(Br)c1)c1ccco1. The molecule has 1 heterocycles. The molecule has 2 rings (SSSR count). The molecule has 0 fully saturated rings. The van der Waals surface area contributed by atoms with Gasteiger partial charge < -0.3 is 9.73 Å². The first kappa shape index (κ1) is 12.4. The predicted molar refractivity (Wildman–Crippen MR) is 73.0 cm³/mol. The van der Waals surface area contributed by atoms with E-state index >= 15 is 0 Å². The van der Waals surface area contributed by atoms with Crippen molar-refractivity contribution in [2.45, 2.75) is 19.4 Å². The molecule has 1 unspecified atom stereocenters. The molecule has 0 amide bonds. The van der Waals surface area contributed by atoms with Gasteiger partial charge in [-0.2, -0.15) is 0 Å². The van der Waals surface area contributed by atoms with E-state index in [2.05, 4.69) is 40.3 Å². The Morgan fingerprint density at radius 3 is 2.82 bits per heavy atom. The molecule has 0 aliphatic rings. The van der Waals surface area contributed by atoms with Crippen molar-refractivity contribution < 1.29 is 4.42 Å². The van der Waals surface area contributed by atoms with Crippen LogP contribution in [0.2, 0.25) is 0 Å². The first-order valence-electron chi connectivity index (χ1n) is 5.83. The molecule has 0 aliphatic carbocycles. The van der Waals surface area contributed by atoms with Gasteiger partial charge in [-0.25, -0.2) is 0 Å². The highest BCUT2D eigenvalue weighted by atomic mass is 79.9. The Morgan fingerprint density at radius 1 is 1.29 bits per heavy atom. The van der Waals surface area contributed by atoms with E-state index in [9.17, 15) is 0 Å². The number of hydrogen-bond acceptors (Lipinski definition) is 2. The van der Waals surface area contributed by atoms with Gasteiger partial charge in [-0.05, 0) is 42.8 Å². The Morgan fingerprint density at radius 2 is 2.18 bits per heavy atom. The fraction of sp³-hybridized carbons (Fsp3) is 0.286. The van der Waals surface area contributed by atoms with Crippen LogP contribution in [0.25, 0.3) is 0 Å². The Balaban J connectivity index is 2.27. The molecule has 0 saturated heterocycles. The summed E-state index contributed by atoms with van der Waals surface area (Å²) in [6.45, 7) is 3.13. The third-order valence-corrected chi connectivity index (χ3v) is 3.10. The van der Waals surface area contributed by atoms with Crippen molar-refractivity contribution in [2.24, 2.45) is 0 Å². The maximum absolute atomic E-state index is 5.51. The lowest BCUT2D eigenvalue weighted by atomic mass is 10.0. The van der Waals surface area contributed by atoms with Gasteiger partial charge >= 0.3 is 0 Å². The summed E-state index contributed by atoms with van der Waals surface area (Å²) < 4.78 is 6.60. The fourth-order valence-corrected chi connectivity index (χ4v) is 2.23. The van der Waals surface area contributed by atoms with Gasteiger partial charge in [-0.1, -0.05) is 35.0 Å². The van der Waals surface area contributed by atoms with Gasteiger partial charge in [-0.15, -0.1) is 0 Å². The minimum atomic E-state index is 0.127. The first-order valence-corrected chi connectivity index (χ1v) is 6.63. The quantitative estimate of drug-likeness (QED) is 0.897. The smallest absolute Gasteiger partial charge is 0.125 e. The fourth-order valence-electron chi connectivity index (χ4n) is 1.81. The normalized spacial score (nSPS) is 12.6. The van der Waals surface area contributed by atoms with Gasteiger partial charge in [-0.3, -0.25) is 0 Å². The van der Waals surface area contributed by atoms with Crippen LogP contribution in [0.1, 0.15) is 30.7 Å². The molecule has 1 atom stereocenters. The predicted octanol–water partition coefficient (Wildman–Crippen LogP) is 4.13. The summed E-state index contributed by atoms with van der Waals surface area (Å²) in [4.78, 5) is 0. The zero-order valence-electron chi connectivity index (χ0n) is 9.82. The lowest BCUT2D eigenvalue weighted by Crippen LogP contribution is -2.22. The highest BCUT2D eigenvalue weighted by molar-refractivity contribution is 9.10. The molecule has 0 aliphatic heterocycles. The molecule has 1 aromatic carbocycles. The average molecular weight is 294 g/mol. The van der Waals surface area contributed by atoms with Crippen molar-refractivity contribution in [3.63, 3.8) is 0 Å². The van der Waals surface area contributed by atoms with Crippen molar-refractivity contribution in [2.75, 3.05) is 6.54 Å². The zero-order valence-corrected chi connectivity index (χ0v) is 11.4. The van der Waals surface area contributed by atoms with Crippen LogP contribution < -0.4 is 5.32 Å². The van der Waals surface area contributed by atoms with Crippen LogP contribution in [0.4, 0.5) is 0 Å². The molecule has 0 spiro atoms. The van der Waals surface area contributed by atoms with E-state index in [0.717, 1.165) is 23.2 Å². The van der Waals surface area contributed by atoms with Crippen LogP contribution in [0.3, 0.4) is 0 Å². The van der Waals surface area contributed by atoms with E-state index in [4.69, 9.17) is 4.42 Å². The molecule has 17 heavy (non-hydrogen) atoms. The first-order chi connectivity index (χ1) is 8.31. The third kappa shape index (κ3) is 3.20. The standard InChI is InChI=1S/C14H16BrNO/c1-2-8-16-14(13-7-4-9-17-13)11-5-3-6-12(15)10-11/h3-7,9-10,14,16H,2,8H2,1H3. The topological polar surface area (TPSA) is 25.2 Å². The Bertz CT molecular complexity index is 453. The number of benzene rings is 1. The Labute approximate surface area is 110 Å². The number of hydrogen-bond donors (Lipinski definition) is 1. The molecule has 2 nitrogen and oxygen atoms in total. The molecule has 0 saturated carbocycles. The summed E-state index contributed by atoms with van der Waals surface area (Å²) in [6, 6.07) is 12.4. The van der Waals surface area contributed by atoms with E-state index < -0.39 is 0 Å². The van der Waals surface area contributed by atoms with E-state index in [1.807, 2.05) is 24.3 Å². The van der Waals surface area contributed by atoms with Crippen LogP contribution >= 0.6 is 15.9 Å². The molecule has 2 aromatic rings. The summed E-state index contributed by atoms with van der Waals surface area (Å²) in [5.41, 5.74) is 1.21. The van der Waals surface area contributed by atoms with Crippen molar-refractivity contribution in [3.8, 4) is 0 Å². The van der Waals surface area contributed by atoms with Crippen LogP contribution in [-0.2, 0) is 0 Å². The largest absolute Gasteiger partial charge is 0.467 e. The minimum Gasteiger partial charge on any atom is -0.467 e. The second-order valence-electron chi connectivity index (χ2n) is 3.96.